The van der Waals surface area contributed by atoms with Crippen molar-refractivity contribution in [3.8, 4) is 17.4 Å². The van der Waals surface area contributed by atoms with Gasteiger partial charge in [-0.25, -0.2) is 4.98 Å². The third kappa shape index (κ3) is 5.08. The van der Waals surface area contributed by atoms with Crippen LogP contribution in [0.3, 0.4) is 0 Å². The molecule has 0 atom stereocenters. The van der Waals surface area contributed by atoms with Gasteiger partial charge in [0, 0.05) is 24.9 Å². The van der Waals surface area contributed by atoms with Crippen molar-refractivity contribution in [1.29, 1.82) is 0 Å². The summed E-state index contributed by atoms with van der Waals surface area (Å²) in [6.45, 7) is 6.59. The molecule has 0 aliphatic heterocycles. The minimum atomic E-state index is 0.597. The standard InChI is InChI=1S/C17H22N2O2/c1-3-9-18-13-14-8-10-19-17(11-14)21-16-7-5-6-15(12-16)20-4-2/h5-8,10-12,18H,3-4,9,13H2,1-2H3. The van der Waals surface area contributed by atoms with Crippen molar-refractivity contribution in [3.63, 3.8) is 0 Å². The lowest BCUT2D eigenvalue weighted by molar-refractivity contribution is 0.338. The second-order valence-electron chi connectivity index (χ2n) is 4.69. The highest BCUT2D eigenvalue weighted by molar-refractivity contribution is 5.35. The SMILES string of the molecule is CCCNCc1ccnc(Oc2cccc(OCC)c2)c1. The van der Waals surface area contributed by atoms with Crippen molar-refractivity contribution in [2.24, 2.45) is 0 Å². The molecule has 0 aliphatic rings. The molecule has 0 aliphatic carbocycles. The lowest BCUT2D eigenvalue weighted by Crippen LogP contribution is -2.13. The molecule has 2 aromatic rings. The summed E-state index contributed by atoms with van der Waals surface area (Å²) in [7, 11) is 0. The molecule has 2 rings (SSSR count). The highest BCUT2D eigenvalue weighted by Gasteiger charge is 2.02. The Bertz CT molecular complexity index is 558. The van der Waals surface area contributed by atoms with Gasteiger partial charge in [0.05, 0.1) is 6.61 Å². The third-order valence-corrected chi connectivity index (χ3v) is 2.89. The second-order valence-corrected chi connectivity index (χ2v) is 4.69. The third-order valence-electron chi connectivity index (χ3n) is 2.89. The van der Waals surface area contributed by atoms with Gasteiger partial charge < -0.3 is 14.8 Å². The van der Waals surface area contributed by atoms with E-state index >= 15 is 0 Å². The Morgan fingerprint density at radius 2 is 1.95 bits per heavy atom. The average molecular weight is 286 g/mol. The van der Waals surface area contributed by atoms with Crippen LogP contribution in [0.2, 0.25) is 0 Å². The van der Waals surface area contributed by atoms with E-state index < -0.39 is 0 Å². The Labute approximate surface area is 126 Å². The lowest BCUT2D eigenvalue weighted by atomic mass is 10.2. The zero-order valence-electron chi connectivity index (χ0n) is 12.6. The van der Waals surface area contributed by atoms with Crippen molar-refractivity contribution >= 4 is 0 Å². The number of hydrogen-bond acceptors (Lipinski definition) is 4. The summed E-state index contributed by atoms with van der Waals surface area (Å²) in [6, 6.07) is 11.5. The molecule has 21 heavy (non-hydrogen) atoms. The molecule has 1 heterocycles. The van der Waals surface area contributed by atoms with E-state index in [4.69, 9.17) is 9.47 Å². The number of nitrogens with one attached hydrogen (secondary N) is 1. The van der Waals surface area contributed by atoms with Gasteiger partial charge in [0.15, 0.2) is 0 Å². The largest absolute Gasteiger partial charge is 0.494 e. The van der Waals surface area contributed by atoms with E-state index in [1.54, 1.807) is 6.20 Å². The van der Waals surface area contributed by atoms with Crippen LogP contribution in [0.1, 0.15) is 25.8 Å². The smallest absolute Gasteiger partial charge is 0.219 e. The molecule has 0 spiro atoms. The molecule has 112 valence electrons. The summed E-state index contributed by atoms with van der Waals surface area (Å²) < 4.78 is 11.3. The van der Waals surface area contributed by atoms with Crippen LogP contribution < -0.4 is 14.8 Å². The first kappa shape index (κ1) is 15.3. The van der Waals surface area contributed by atoms with Crippen LogP contribution >= 0.6 is 0 Å². The summed E-state index contributed by atoms with van der Waals surface area (Å²) >= 11 is 0. The first-order valence-corrected chi connectivity index (χ1v) is 7.38. The highest BCUT2D eigenvalue weighted by Crippen LogP contribution is 2.24. The average Bonchev–Trinajstić information content (AvgIpc) is 2.49. The molecule has 1 N–H and O–H groups in total. The molecule has 1 aromatic heterocycles. The molecule has 0 saturated carbocycles. The molecule has 4 heteroatoms. The molecule has 0 amide bonds. The minimum absolute atomic E-state index is 0.597. The molecule has 0 bridgehead atoms. The van der Waals surface area contributed by atoms with E-state index in [1.807, 2.05) is 43.3 Å². The van der Waals surface area contributed by atoms with E-state index in [9.17, 15) is 0 Å². The molecular formula is C17H22N2O2. The number of rotatable bonds is 8. The monoisotopic (exact) mass is 286 g/mol. The summed E-state index contributed by atoms with van der Waals surface area (Å²) in [5.74, 6) is 2.13. The summed E-state index contributed by atoms with van der Waals surface area (Å²) in [5, 5.41) is 3.36. The fourth-order valence-corrected chi connectivity index (χ4v) is 1.94. The van der Waals surface area contributed by atoms with E-state index in [-0.39, 0.29) is 0 Å². The Morgan fingerprint density at radius 3 is 2.76 bits per heavy atom. The Morgan fingerprint density at radius 1 is 1.10 bits per heavy atom. The van der Waals surface area contributed by atoms with Gasteiger partial charge in [0.2, 0.25) is 5.88 Å². The van der Waals surface area contributed by atoms with Crippen LogP contribution in [0.25, 0.3) is 0 Å². The Balaban J connectivity index is 2.01. The summed E-state index contributed by atoms with van der Waals surface area (Å²) in [6.07, 6.45) is 2.89. The van der Waals surface area contributed by atoms with E-state index in [0.29, 0.717) is 12.5 Å². The Hall–Kier alpha value is -2.07. The van der Waals surface area contributed by atoms with Gasteiger partial charge in [-0.3, -0.25) is 0 Å². The van der Waals surface area contributed by atoms with Crippen molar-refractivity contribution in [2.45, 2.75) is 26.8 Å². The van der Waals surface area contributed by atoms with Gasteiger partial charge >= 0.3 is 0 Å². The maximum Gasteiger partial charge on any atom is 0.219 e. The maximum atomic E-state index is 5.79. The van der Waals surface area contributed by atoms with Crippen LogP contribution in [0.5, 0.6) is 17.4 Å². The first-order chi connectivity index (χ1) is 10.3. The zero-order chi connectivity index (χ0) is 14.9. The number of ether oxygens (including phenoxy) is 2. The topological polar surface area (TPSA) is 43.4 Å². The highest BCUT2D eigenvalue weighted by atomic mass is 16.5. The van der Waals surface area contributed by atoms with Crippen molar-refractivity contribution in [2.75, 3.05) is 13.2 Å². The normalized spacial score (nSPS) is 10.4. The lowest BCUT2D eigenvalue weighted by Gasteiger charge is -2.09. The van der Waals surface area contributed by atoms with Gasteiger partial charge in [0.1, 0.15) is 11.5 Å². The molecule has 4 nitrogen and oxygen atoms in total. The van der Waals surface area contributed by atoms with Crippen LogP contribution in [0, 0.1) is 0 Å². The van der Waals surface area contributed by atoms with Crippen LogP contribution in [-0.4, -0.2) is 18.1 Å². The number of hydrogen-bond donors (Lipinski definition) is 1. The molecule has 0 fully saturated rings. The zero-order valence-corrected chi connectivity index (χ0v) is 12.6. The number of aromatic nitrogens is 1. The van der Waals surface area contributed by atoms with Gasteiger partial charge in [-0.15, -0.1) is 0 Å². The summed E-state index contributed by atoms with van der Waals surface area (Å²) in [4.78, 5) is 4.25. The van der Waals surface area contributed by atoms with Crippen molar-refractivity contribution < 1.29 is 9.47 Å². The second kappa shape index (κ2) is 8.27. The van der Waals surface area contributed by atoms with Crippen LogP contribution in [0.15, 0.2) is 42.6 Å². The van der Waals surface area contributed by atoms with Crippen LogP contribution in [-0.2, 0) is 6.54 Å². The molecule has 0 radical (unpaired) electrons. The van der Waals surface area contributed by atoms with E-state index in [0.717, 1.165) is 36.6 Å². The Kier molecular flexibility index (Phi) is 6.03. The van der Waals surface area contributed by atoms with Crippen molar-refractivity contribution in [1.82, 2.24) is 10.3 Å². The quantitative estimate of drug-likeness (QED) is 0.750. The molecule has 0 saturated heterocycles. The van der Waals surface area contributed by atoms with Crippen LogP contribution in [0.4, 0.5) is 0 Å². The minimum Gasteiger partial charge on any atom is -0.494 e. The molecule has 0 unspecified atom stereocenters. The van der Waals surface area contributed by atoms with E-state index in [2.05, 4.69) is 17.2 Å². The fourth-order valence-electron chi connectivity index (χ4n) is 1.94. The predicted molar refractivity (Wildman–Crippen MR) is 83.9 cm³/mol. The summed E-state index contributed by atoms with van der Waals surface area (Å²) in [5.41, 5.74) is 1.16. The van der Waals surface area contributed by atoms with Gasteiger partial charge in [-0.2, -0.15) is 0 Å². The molecule has 1 aromatic carbocycles. The maximum absolute atomic E-state index is 5.79. The number of benzene rings is 1. The predicted octanol–water partition coefficient (Wildman–Crippen LogP) is 3.77. The van der Waals surface area contributed by atoms with Gasteiger partial charge in [-0.1, -0.05) is 13.0 Å². The van der Waals surface area contributed by atoms with Gasteiger partial charge in [-0.05, 0) is 43.7 Å². The van der Waals surface area contributed by atoms with Gasteiger partial charge in [0.25, 0.3) is 0 Å². The van der Waals surface area contributed by atoms with Crippen molar-refractivity contribution in [3.05, 3.63) is 48.2 Å². The van der Waals surface area contributed by atoms with E-state index in [1.165, 1.54) is 0 Å². The first-order valence-electron chi connectivity index (χ1n) is 7.38. The molecular weight excluding hydrogens is 264 g/mol. The number of nitrogens with zero attached hydrogens (tertiary/aromatic N) is 1. The number of pyridine rings is 1. The fraction of sp³-hybridized carbons (Fsp3) is 0.353.